The van der Waals surface area contributed by atoms with Crippen molar-refractivity contribution in [2.75, 3.05) is 6.54 Å². The number of aryl methyl sites for hydroxylation is 1. The number of rotatable bonds is 16. The molecule has 0 saturated carbocycles. The Hall–Kier alpha value is -3.29. The van der Waals surface area contributed by atoms with Crippen LogP contribution in [0.2, 0.25) is 0 Å². The van der Waals surface area contributed by atoms with Crippen molar-refractivity contribution in [1.82, 2.24) is 10.6 Å². The van der Waals surface area contributed by atoms with Crippen LogP contribution >= 0.6 is 0 Å². The van der Waals surface area contributed by atoms with E-state index in [0.29, 0.717) is 23.4 Å². The lowest BCUT2D eigenvalue weighted by Gasteiger charge is -2.25. The van der Waals surface area contributed by atoms with Gasteiger partial charge in [-0.2, -0.15) is 0 Å². The molecule has 40 heavy (non-hydrogen) atoms. The summed E-state index contributed by atoms with van der Waals surface area (Å²) in [6, 6.07) is 17.6. The van der Waals surface area contributed by atoms with Gasteiger partial charge in [-0.1, -0.05) is 63.9 Å². The number of carbonyl (C=O) groups excluding carboxylic acids is 1. The van der Waals surface area contributed by atoms with Gasteiger partial charge in [0.1, 0.15) is 17.4 Å². The molecule has 0 saturated heterocycles. The zero-order chi connectivity index (χ0) is 28.9. The zero-order valence-corrected chi connectivity index (χ0v) is 23.8. The number of halogens is 2. The highest BCUT2D eigenvalue weighted by Crippen LogP contribution is 2.20. The molecular weight excluding hydrogens is 510 g/mol. The van der Waals surface area contributed by atoms with Crippen molar-refractivity contribution in [2.24, 2.45) is 0 Å². The summed E-state index contributed by atoms with van der Waals surface area (Å²) in [7, 11) is 0. The molecule has 0 aliphatic carbocycles. The molecule has 1 amide bonds. The Kier molecular flexibility index (Phi) is 12.6. The molecule has 3 aromatic carbocycles. The van der Waals surface area contributed by atoms with Gasteiger partial charge in [-0.15, -0.1) is 0 Å². The maximum atomic E-state index is 13.9. The number of nitrogens with one attached hydrogen (secondary N) is 2. The molecule has 0 aliphatic heterocycles. The average molecular weight is 553 g/mol. The Morgan fingerprint density at radius 2 is 1.55 bits per heavy atom. The van der Waals surface area contributed by atoms with Crippen LogP contribution in [0, 0.1) is 11.6 Å². The first kappa shape index (κ1) is 31.2. The second kappa shape index (κ2) is 16.1. The summed E-state index contributed by atoms with van der Waals surface area (Å²) in [5.74, 6) is -1.20. The second-order valence-corrected chi connectivity index (χ2v) is 10.3. The topological polar surface area (TPSA) is 70.6 Å². The fourth-order valence-electron chi connectivity index (χ4n) is 4.79. The predicted molar refractivity (Wildman–Crippen MR) is 156 cm³/mol. The van der Waals surface area contributed by atoms with E-state index >= 15 is 0 Å². The highest BCUT2D eigenvalue weighted by atomic mass is 19.1. The lowest BCUT2D eigenvalue weighted by Crippen LogP contribution is -2.48. The minimum absolute atomic E-state index is 0.0554. The van der Waals surface area contributed by atoms with Gasteiger partial charge in [0.05, 0.1) is 18.2 Å². The summed E-state index contributed by atoms with van der Waals surface area (Å²) in [5, 5.41) is 17.2. The Morgan fingerprint density at radius 3 is 2.23 bits per heavy atom. The predicted octanol–water partition coefficient (Wildman–Crippen LogP) is 6.37. The van der Waals surface area contributed by atoms with Gasteiger partial charge in [0, 0.05) is 24.7 Å². The first-order valence-corrected chi connectivity index (χ1v) is 14.3. The Labute approximate surface area is 237 Å². The number of benzene rings is 3. The molecule has 0 fully saturated rings. The van der Waals surface area contributed by atoms with Crippen molar-refractivity contribution in [3.63, 3.8) is 0 Å². The summed E-state index contributed by atoms with van der Waals surface area (Å²) < 4.78 is 34.0. The van der Waals surface area contributed by atoms with Crippen molar-refractivity contribution >= 4 is 5.91 Å². The van der Waals surface area contributed by atoms with Gasteiger partial charge in [0.15, 0.2) is 0 Å². The number of hydrogen-bond acceptors (Lipinski definition) is 4. The normalized spacial score (nSPS) is 12.8. The summed E-state index contributed by atoms with van der Waals surface area (Å²) in [5.41, 5.74) is 3.04. The van der Waals surface area contributed by atoms with Crippen LogP contribution in [-0.4, -0.2) is 35.8 Å². The van der Waals surface area contributed by atoms with E-state index in [-0.39, 0.29) is 19.1 Å². The smallest absolute Gasteiger partial charge is 0.251 e. The van der Waals surface area contributed by atoms with E-state index in [0.717, 1.165) is 43.7 Å². The molecule has 3 N–H and O–H groups in total. The van der Waals surface area contributed by atoms with Crippen LogP contribution in [0.1, 0.15) is 73.5 Å². The highest BCUT2D eigenvalue weighted by Gasteiger charge is 2.23. The van der Waals surface area contributed by atoms with Crippen molar-refractivity contribution in [3.05, 3.63) is 101 Å². The molecule has 0 aliphatic rings. The number of aliphatic hydroxyl groups is 1. The van der Waals surface area contributed by atoms with Gasteiger partial charge in [0.2, 0.25) is 0 Å². The van der Waals surface area contributed by atoms with Crippen molar-refractivity contribution < 1.29 is 23.4 Å². The van der Waals surface area contributed by atoms with Gasteiger partial charge in [-0.3, -0.25) is 4.79 Å². The number of carbonyl (C=O) groups is 1. The zero-order valence-electron chi connectivity index (χ0n) is 23.8. The molecule has 216 valence electrons. The molecule has 0 unspecified atom stereocenters. The molecule has 0 aromatic heterocycles. The van der Waals surface area contributed by atoms with E-state index in [4.69, 9.17) is 4.74 Å². The first-order valence-electron chi connectivity index (χ1n) is 14.3. The maximum absolute atomic E-state index is 13.9. The summed E-state index contributed by atoms with van der Waals surface area (Å²) in [6.45, 7) is 7.04. The van der Waals surface area contributed by atoms with E-state index in [9.17, 15) is 18.7 Å². The van der Waals surface area contributed by atoms with Gasteiger partial charge < -0.3 is 20.5 Å². The Morgan fingerprint density at radius 1 is 0.875 bits per heavy atom. The maximum Gasteiger partial charge on any atom is 0.251 e. The number of aliphatic hydroxyl groups excluding tert-OH is 1. The number of hydrogen-bond donors (Lipinski definition) is 3. The standard InChI is InChI=1S/C33H42F2N2O3/c1-4-9-29(10-5-2)40-30-14-8-13-26(19-30)33(39)37-31(18-25-16-27(34)20-28(35)17-25)32(38)22-36-21-24-12-7-11-23(6-3)15-24/h7-8,11-17,19-20,29,31-32,36,38H,4-6,9-10,18,21-22H2,1-3H3,(H,37,39)/t31-,32+/m1/s1. The average Bonchev–Trinajstić information content (AvgIpc) is 2.92. The Balaban J connectivity index is 1.72. The van der Waals surface area contributed by atoms with E-state index in [2.05, 4.69) is 43.5 Å². The van der Waals surface area contributed by atoms with Gasteiger partial charge in [0.25, 0.3) is 5.91 Å². The van der Waals surface area contributed by atoms with Crippen LogP contribution in [0.3, 0.4) is 0 Å². The third-order valence-corrected chi connectivity index (χ3v) is 6.86. The molecule has 0 bridgehead atoms. The summed E-state index contributed by atoms with van der Waals surface area (Å²) >= 11 is 0. The molecule has 5 nitrogen and oxygen atoms in total. The third kappa shape index (κ3) is 10.0. The fourth-order valence-corrected chi connectivity index (χ4v) is 4.79. The molecule has 2 atom stereocenters. The second-order valence-electron chi connectivity index (χ2n) is 10.3. The molecule has 3 aromatic rings. The minimum atomic E-state index is -1.01. The molecular formula is C33H42F2N2O3. The quantitative estimate of drug-likeness (QED) is 0.193. The van der Waals surface area contributed by atoms with Crippen LogP contribution < -0.4 is 15.4 Å². The highest BCUT2D eigenvalue weighted by molar-refractivity contribution is 5.94. The van der Waals surface area contributed by atoms with Crippen molar-refractivity contribution in [3.8, 4) is 5.75 Å². The van der Waals surface area contributed by atoms with Gasteiger partial charge >= 0.3 is 0 Å². The van der Waals surface area contributed by atoms with E-state index in [1.807, 2.05) is 18.2 Å². The monoisotopic (exact) mass is 552 g/mol. The van der Waals surface area contributed by atoms with Crippen LogP contribution in [0.15, 0.2) is 66.7 Å². The van der Waals surface area contributed by atoms with Gasteiger partial charge in [-0.25, -0.2) is 8.78 Å². The lowest BCUT2D eigenvalue weighted by molar-refractivity contribution is 0.0829. The molecule has 3 rings (SSSR count). The summed E-state index contributed by atoms with van der Waals surface area (Å²) in [4.78, 5) is 13.3. The number of ether oxygens (including phenoxy) is 1. The van der Waals surface area contributed by atoms with Crippen molar-refractivity contribution in [1.29, 1.82) is 0 Å². The SMILES string of the molecule is CCCC(CCC)Oc1cccc(C(=O)N[C@H](Cc2cc(F)cc(F)c2)[C@@H](O)CNCc2cccc(CC)c2)c1. The van der Waals surface area contributed by atoms with E-state index < -0.39 is 29.7 Å². The van der Waals surface area contributed by atoms with Crippen LogP contribution in [-0.2, 0) is 19.4 Å². The van der Waals surface area contributed by atoms with Crippen molar-refractivity contribution in [2.45, 2.75) is 84.1 Å². The summed E-state index contributed by atoms with van der Waals surface area (Å²) in [6.07, 6.45) is 3.92. The molecule has 0 spiro atoms. The van der Waals surface area contributed by atoms with Crippen LogP contribution in [0.4, 0.5) is 8.78 Å². The minimum Gasteiger partial charge on any atom is -0.490 e. The molecule has 0 radical (unpaired) electrons. The molecule has 0 heterocycles. The molecule has 7 heteroatoms. The largest absolute Gasteiger partial charge is 0.490 e. The fraction of sp³-hybridized carbons (Fsp3) is 0.424. The van der Waals surface area contributed by atoms with E-state index in [1.54, 1.807) is 18.2 Å². The first-order chi connectivity index (χ1) is 19.3. The van der Waals surface area contributed by atoms with Gasteiger partial charge in [-0.05, 0) is 72.7 Å². The third-order valence-electron chi connectivity index (χ3n) is 6.86. The van der Waals surface area contributed by atoms with Crippen LogP contribution in [0.5, 0.6) is 5.75 Å². The number of amides is 1. The van der Waals surface area contributed by atoms with Crippen LogP contribution in [0.25, 0.3) is 0 Å². The van der Waals surface area contributed by atoms with E-state index in [1.165, 1.54) is 17.7 Å². The lowest BCUT2D eigenvalue weighted by atomic mass is 10.00. The Bertz CT molecular complexity index is 1190.